The highest BCUT2D eigenvalue weighted by Gasteiger charge is 2.31. The lowest BCUT2D eigenvalue weighted by Crippen LogP contribution is -2.38. The first-order valence-corrected chi connectivity index (χ1v) is 5.07. The van der Waals surface area contributed by atoms with Crippen molar-refractivity contribution in [1.29, 1.82) is 0 Å². The standard InChI is InChI=1S/C10H21NO/c1-3-6-11-8-10(2,12)7-9-4-5-9/h9,11-12H,3-8H2,1-2H3. The van der Waals surface area contributed by atoms with Gasteiger partial charge in [-0.05, 0) is 32.2 Å². The van der Waals surface area contributed by atoms with Gasteiger partial charge in [0, 0.05) is 6.54 Å². The van der Waals surface area contributed by atoms with E-state index in [4.69, 9.17) is 0 Å². The van der Waals surface area contributed by atoms with Crippen LogP contribution in [0.3, 0.4) is 0 Å². The summed E-state index contributed by atoms with van der Waals surface area (Å²) in [6.45, 7) is 5.84. The van der Waals surface area contributed by atoms with Crippen LogP contribution in [-0.2, 0) is 0 Å². The fourth-order valence-electron chi connectivity index (χ4n) is 1.55. The van der Waals surface area contributed by atoms with Gasteiger partial charge >= 0.3 is 0 Å². The van der Waals surface area contributed by atoms with E-state index in [9.17, 15) is 5.11 Å². The fraction of sp³-hybridized carbons (Fsp3) is 1.00. The zero-order valence-electron chi connectivity index (χ0n) is 8.27. The second-order valence-electron chi connectivity index (χ2n) is 4.32. The van der Waals surface area contributed by atoms with Crippen molar-refractivity contribution in [3.63, 3.8) is 0 Å². The Labute approximate surface area is 75.4 Å². The third kappa shape index (κ3) is 4.07. The van der Waals surface area contributed by atoms with Crippen molar-refractivity contribution in [2.75, 3.05) is 13.1 Å². The molecule has 0 radical (unpaired) electrons. The van der Waals surface area contributed by atoms with Crippen LogP contribution in [0.2, 0.25) is 0 Å². The molecule has 1 atom stereocenters. The molecule has 0 bridgehead atoms. The fourth-order valence-corrected chi connectivity index (χ4v) is 1.55. The van der Waals surface area contributed by atoms with E-state index in [-0.39, 0.29) is 0 Å². The SMILES string of the molecule is CCCNCC(C)(O)CC1CC1. The van der Waals surface area contributed by atoms with E-state index in [0.29, 0.717) is 0 Å². The lowest BCUT2D eigenvalue weighted by molar-refractivity contribution is 0.0454. The Balaban J connectivity index is 2.08. The van der Waals surface area contributed by atoms with E-state index in [0.717, 1.165) is 31.8 Å². The predicted molar refractivity (Wildman–Crippen MR) is 51.1 cm³/mol. The number of nitrogens with one attached hydrogen (secondary N) is 1. The molecule has 0 spiro atoms. The molecule has 1 aliphatic carbocycles. The van der Waals surface area contributed by atoms with Gasteiger partial charge in [0.05, 0.1) is 5.60 Å². The minimum absolute atomic E-state index is 0.476. The number of hydrogen-bond donors (Lipinski definition) is 2. The molecule has 0 aliphatic heterocycles. The zero-order chi connectivity index (χ0) is 9.03. The van der Waals surface area contributed by atoms with E-state index >= 15 is 0 Å². The number of hydrogen-bond acceptors (Lipinski definition) is 2. The maximum atomic E-state index is 9.89. The predicted octanol–water partition coefficient (Wildman–Crippen LogP) is 1.54. The maximum Gasteiger partial charge on any atom is 0.0746 e. The molecule has 2 N–H and O–H groups in total. The molecular weight excluding hydrogens is 150 g/mol. The monoisotopic (exact) mass is 171 g/mol. The van der Waals surface area contributed by atoms with Crippen LogP contribution in [0.4, 0.5) is 0 Å². The highest BCUT2D eigenvalue weighted by atomic mass is 16.3. The molecule has 72 valence electrons. The van der Waals surface area contributed by atoms with Gasteiger partial charge < -0.3 is 10.4 Å². The summed E-state index contributed by atoms with van der Waals surface area (Å²) in [6.07, 6.45) is 4.76. The average Bonchev–Trinajstić information content (AvgIpc) is 2.71. The summed E-state index contributed by atoms with van der Waals surface area (Å²) in [5, 5.41) is 13.1. The molecule has 2 nitrogen and oxygen atoms in total. The highest BCUT2D eigenvalue weighted by molar-refractivity contribution is 4.85. The number of aliphatic hydroxyl groups is 1. The van der Waals surface area contributed by atoms with Crippen molar-refractivity contribution in [3.8, 4) is 0 Å². The van der Waals surface area contributed by atoms with Crippen LogP contribution in [0.5, 0.6) is 0 Å². The smallest absolute Gasteiger partial charge is 0.0746 e. The summed E-state index contributed by atoms with van der Waals surface area (Å²) in [5.74, 6) is 0.809. The molecule has 1 saturated carbocycles. The van der Waals surface area contributed by atoms with Crippen LogP contribution in [0.1, 0.15) is 39.5 Å². The third-order valence-corrected chi connectivity index (χ3v) is 2.36. The summed E-state index contributed by atoms with van der Waals surface area (Å²) in [5.41, 5.74) is -0.476. The molecule has 0 heterocycles. The van der Waals surface area contributed by atoms with E-state index in [1.165, 1.54) is 12.8 Å². The van der Waals surface area contributed by atoms with Crippen molar-refractivity contribution in [2.45, 2.75) is 45.1 Å². The first kappa shape index (κ1) is 10.0. The van der Waals surface area contributed by atoms with Gasteiger partial charge in [0.15, 0.2) is 0 Å². The van der Waals surface area contributed by atoms with Gasteiger partial charge in [0.2, 0.25) is 0 Å². The van der Waals surface area contributed by atoms with Crippen LogP contribution >= 0.6 is 0 Å². The molecule has 0 saturated heterocycles. The van der Waals surface area contributed by atoms with E-state index in [2.05, 4.69) is 12.2 Å². The van der Waals surface area contributed by atoms with Gasteiger partial charge in [-0.25, -0.2) is 0 Å². The van der Waals surface area contributed by atoms with Crippen molar-refractivity contribution >= 4 is 0 Å². The summed E-state index contributed by atoms with van der Waals surface area (Å²) in [4.78, 5) is 0. The molecule has 0 amide bonds. The average molecular weight is 171 g/mol. The molecular formula is C10H21NO. The van der Waals surface area contributed by atoms with Crippen LogP contribution in [0, 0.1) is 5.92 Å². The molecule has 12 heavy (non-hydrogen) atoms. The molecule has 1 unspecified atom stereocenters. The second kappa shape index (κ2) is 4.24. The van der Waals surface area contributed by atoms with Crippen molar-refractivity contribution in [2.24, 2.45) is 5.92 Å². The largest absolute Gasteiger partial charge is 0.389 e. The van der Waals surface area contributed by atoms with Crippen LogP contribution < -0.4 is 5.32 Å². The minimum Gasteiger partial charge on any atom is -0.389 e. The Morgan fingerprint density at radius 1 is 1.50 bits per heavy atom. The molecule has 1 rings (SSSR count). The van der Waals surface area contributed by atoms with Crippen molar-refractivity contribution in [1.82, 2.24) is 5.32 Å². The Bertz CT molecular complexity index is 130. The summed E-state index contributed by atoms with van der Waals surface area (Å²) < 4.78 is 0. The van der Waals surface area contributed by atoms with E-state index in [1.807, 2.05) is 6.92 Å². The van der Waals surface area contributed by atoms with E-state index < -0.39 is 5.60 Å². The third-order valence-electron chi connectivity index (χ3n) is 2.36. The lowest BCUT2D eigenvalue weighted by Gasteiger charge is -2.23. The summed E-state index contributed by atoms with van der Waals surface area (Å²) >= 11 is 0. The quantitative estimate of drug-likeness (QED) is 0.594. The van der Waals surface area contributed by atoms with Gasteiger partial charge in [-0.1, -0.05) is 19.8 Å². The Morgan fingerprint density at radius 3 is 2.67 bits per heavy atom. The van der Waals surface area contributed by atoms with Crippen molar-refractivity contribution in [3.05, 3.63) is 0 Å². The van der Waals surface area contributed by atoms with Gasteiger partial charge in [-0.15, -0.1) is 0 Å². The lowest BCUT2D eigenvalue weighted by atomic mass is 9.99. The van der Waals surface area contributed by atoms with E-state index in [1.54, 1.807) is 0 Å². The first-order valence-electron chi connectivity index (χ1n) is 5.07. The Hall–Kier alpha value is -0.0800. The van der Waals surface area contributed by atoms with Gasteiger partial charge in [-0.2, -0.15) is 0 Å². The molecule has 0 aromatic heterocycles. The topological polar surface area (TPSA) is 32.3 Å². The van der Waals surface area contributed by atoms with Crippen LogP contribution in [0.25, 0.3) is 0 Å². The summed E-state index contributed by atoms with van der Waals surface area (Å²) in [6, 6.07) is 0. The normalized spacial score (nSPS) is 22.2. The van der Waals surface area contributed by atoms with Gasteiger partial charge in [0.1, 0.15) is 0 Å². The molecule has 2 heteroatoms. The van der Waals surface area contributed by atoms with Gasteiger partial charge in [-0.3, -0.25) is 0 Å². The summed E-state index contributed by atoms with van der Waals surface area (Å²) in [7, 11) is 0. The maximum absolute atomic E-state index is 9.89. The minimum atomic E-state index is -0.476. The highest BCUT2D eigenvalue weighted by Crippen LogP contribution is 2.36. The van der Waals surface area contributed by atoms with Crippen LogP contribution in [-0.4, -0.2) is 23.8 Å². The molecule has 0 aromatic rings. The first-order chi connectivity index (χ1) is 5.64. The van der Waals surface area contributed by atoms with Crippen molar-refractivity contribution < 1.29 is 5.11 Å². The molecule has 0 aromatic carbocycles. The number of rotatable bonds is 6. The molecule has 1 aliphatic rings. The Morgan fingerprint density at radius 2 is 2.17 bits per heavy atom. The zero-order valence-corrected chi connectivity index (χ0v) is 8.27. The second-order valence-corrected chi connectivity index (χ2v) is 4.32. The molecule has 1 fully saturated rings. The van der Waals surface area contributed by atoms with Crippen LogP contribution in [0.15, 0.2) is 0 Å². The Kier molecular flexibility index (Phi) is 3.53. The van der Waals surface area contributed by atoms with Gasteiger partial charge in [0.25, 0.3) is 0 Å².